The summed E-state index contributed by atoms with van der Waals surface area (Å²) in [6.07, 6.45) is 1.09. The third kappa shape index (κ3) is 4.38. The van der Waals surface area contributed by atoms with Crippen LogP contribution in [0.5, 0.6) is 0 Å². The molecule has 0 aliphatic rings. The van der Waals surface area contributed by atoms with Gasteiger partial charge in [0.1, 0.15) is 0 Å². The van der Waals surface area contributed by atoms with Crippen LogP contribution in [0.25, 0.3) is 0 Å². The molecule has 0 aliphatic heterocycles. The Morgan fingerprint density at radius 3 is 1.92 bits per heavy atom. The van der Waals surface area contributed by atoms with E-state index in [9.17, 15) is 4.39 Å². The van der Waals surface area contributed by atoms with Gasteiger partial charge in [-0.3, -0.25) is 0 Å². The maximum absolute atomic E-state index is 13.0. The van der Waals surface area contributed by atoms with E-state index in [1.165, 1.54) is 0 Å². The standard InChI is InChI=1S/C11H19F/c1-5-10(6-2)7-8-11(12)9(3)4/h9-11H,5-6H2,1-4H3. The maximum atomic E-state index is 13.0. The lowest BCUT2D eigenvalue weighted by molar-refractivity contribution is 0.325. The van der Waals surface area contributed by atoms with Crippen LogP contribution in [0, 0.1) is 23.7 Å². The van der Waals surface area contributed by atoms with Crippen molar-refractivity contribution in [2.75, 3.05) is 0 Å². The molecule has 0 amide bonds. The van der Waals surface area contributed by atoms with Crippen molar-refractivity contribution >= 4 is 0 Å². The summed E-state index contributed by atoms with van der Waals surface area (Å²) in [6.45, 7) is 7.88. The van der Waals surface area contributed by atoms with Gasteiger partial charge in [0.05, 0.1) is 0 Å². The van der Waals surface area contributed by atoms with Crippen LogP contribution in [-0.2, 0) is 0 Å². The maximum Gasteiger partial charge on any atom is 0.162 e. The zero-order valence-corrected chi connectivity index (χ0v) is 8.52. The Balaban J connectivity index is 3.99. The molecule has 0 heterocycles. The van der Waals surface area contributed by atoms with E-state index in [4.69, 9.17) is 0 Å². The summed E-state index contributed by atoms with van der Waals surface area (Å²) >= 11 is 0. The summed E-state index contributed by atoms with van der Waals surface area (Å²) in [7, 11) is 0. The number of rotatable bonds is 3. The molecular weight excluding hydrogens is 151 g/mol. The van der Waals surface area contributed by atoms with Crippen LogP contribution < -0.4 is 0 Å². The van der Waals surface area contributed by atoms with Crippen molar-refractivity contribution in [2.45, 2.75) is 46.7 Å². The van der Waals surface area contributed by atoms with Gasteiger partial charge in [-0.2, -0.15) is 0 Å². The predicted octanol–water partition coefficient (Wildman–Crippen LogP) is 3.42. The largest absolute Gasteiger partial charge is 0.233 e. The van der Waals surface area contributed by atoms with Crippen LogP contribution in [0.4, 0.5) is 4.39 Å². The van der Waals surface area contributed by atoms with Crippen LogP contribution in [0.1, 0.15) is 40.5 Å². The Bertz CT molecular complexity index is 152. The Morgan fingerprint density at radius 2 is 1.58 bits per heavy atom. The van der Waals surface area contributed by atoms with Gasteiger partial charge in [0.25, 0.3) is 0 Å². The van der Waals surface area contributed by atoms with E-state index >= 15 is 0 Å². The number of hydrogen-bond donors (Lipinski definition) is 0. The molecule has 70 valence electrons. The monoisotopic (exact) mass is 170 g/mol. The smallest absolute Gasteiger partial charge is 0.162 e. The minimum atomic E-state index is -0.953. The average Bonchev–Trinajstić information content (AvgIpc) is 2.05. The summed E-state index contributed by atoms with van der Waals surface area (Å²) in [4.78, 5) is 0. The van der Waals surface area contributed by atoms with E-state index < -0.39 is 6.17 Å². The van der Waals surface area contributed by atoms with E-state index in [1.54, 1.807) is 0 Å². The number of alkyl halides is 1. The highest BCUT2D eigenvalue weighted by Gasteiger charge is 2.07. The Morgan fingerprint density at radius 1 is 1.08 bits per heavy atom. The molecule has 0 rings (SSSR count). The van der Waals surface area contributed by atoms with Crippen molar-refractivity contribution in [2.24, 2.45) is 11.8 Å². The molecule has 0 N–H and O–H groups in total. The Labute approximate surface area is 75.6 Å². The highest BCUT2D eigenvalue weighted by molar-refractivity contribution is 5.08. The fourth-order valence-corrected chi connectivity index (χ4v) is 0.857. The fraction of sp³-hybridized carbons (Fsp3) is 0.818. The molecule has 0 spiro atoms. The molecule has 0 nitrogen and oxygen atoms in total. The quantitative estimate of drug-likeness (QED) is 0.569. The van der Waals surface area contributed by atoms with Gasteiger partial charge in [-0.1, -0.05) is 39.5 Å². The number of hydrogen-bond acceptors (Lipinski definition) is 0. The zero-order valence-electron chi connectivity index (χ0n) is 8.52. The summed E-state index contributed by atoms with van der Waals surface area (Å²) < 4.78 is 13.0. The van der Waals surface area contributed by atoms with Crippen molar-refractivity contribution in [3.8, 4) is 11.8 Å². The molecule has 0 saturated heterocycles. The Hall–Kier alpha value is -0.510. The van der Waals surface area contributed by atoms with Crippen LogP contribution in [0.2, 0.25) is 0 Å². The van der Waals surface area contributed by atoms with Gasteiger partial charge < -0.3 is 0 Å². The van der Waals surface area contributed by atoms with Crippen molar-refractivity contribution in [3.63, 3.8) is 0 Å². The molecule has 12 heavy (non-hydrogen) atoms. The van der Waals surface area contributed by atoms with E-state index in [1.807, 2.05) is 13.8 Å². The molecule has 0 bridgehead atoms. The molecule has 0 radical (unpaired) electrons. The van der Waals surface area contributed by atoms with Crippen molar-refractivity contribution in [1.82, 2.24) is 0 Å². The lowest BCUT2D eigenvalue weighted by Gasteiger charge is -2.05. The zero-order chi connectivity index (χ0) is 9.56. The number of halogens is 1. The van der Waals surface area contributed by atoms with Crippen molar-refractivity contribution in [3.05, 3.63) is 0 Å². The fourth-order valence-electron chi connectivity index (χ4n) is 0.857. The lowest BCUT2D eigenvalue weighted by atomic mass is 10.0. The van der Waals surface area contributed by atoms with Crippen LogP contribution in [-0.4, -0.2) is 6.17 Å². The van der Waals surface area contributed by atoms with Gasteiger partial charge in [0.2, 0.25) is 0 Å². The van der Waals surface area contributed by atoms with Crippen molar-refractivity contribution < 1.29 is 4.39 Å². The van der Waals surface area contributed by atoms with E-state index in [-0.39, 0.29) is 5.92 Å². The van der Waals surface area contributed by atoms with Crippen LogP contribution in [0.3, 0.4) is 0 Å². The normalized spacial score (nSPS) is 12.9. The minimum Gasteiger partial charge on any atom is -0.233 e. The highest BCUT2D eigenvalue weighted by Crippen LogP contribution is 2.08. The first-order valence-corrected chi connectivity index (χ1v) is 4.76. The van der Waals surface area contributed by atoms with Gasteiger partial charge in [-0.05, 0) is 18.8 Å². The van der Waals surface area contributed by atoms with Gasteiger partial charge >= 0.3 is 0 Å². The molecule has 0 saturated carbocycles. The van der Waals surface area contributed by atoms with Crippen LogP contribution in [0.15, 0.2) is 0 Å². The lowest BCUT2D eigenvalue weighted by Crippen LogP contribution is -2.06. The molecule has 0 aromatic heterocycles. The molecule has 0 fully saturated rings. The molecular formula is C11H19F. The molecule has 0 aliphatic carbocycles. The Kier molecular flexibility index (Phi) is 5.80. The highest BCUT2D eigenvalue weighted by atomic mass is 19.1. The second kappa shape index (κ2) is 6.06. The summed E-state index contributed by atoms with van der Waals surface area (Å²) in [5.74, 6) is 6.04. The van der Waals surface area contributed by atoms with Gasteiger partial charge in [-0.15, -0.1) is 0 Å². The van der Waals surface area contributed by atoms with Crippen LogP contribution >= 0.6 is 0 Å². The summed E-state index contributed by atoms with van der Waals surface area (Å²) in [5, 5.41) is 0. The predicted molar refractivity (Wildman–Crippen MR) is 51.6 cm³/mol. The van der Waals surface area contributed by atoms with Gasteiger partial charge in [0, 0.05) is 5.92 Å². The van der Waals surface area contributed by atoms with Crippen molar-refractivity contribution in [1.29, 1.82) is 0 Å². The topological polar surface area (TPSA) is 0 Å². The van der Waals surface area contributed by atoms with E-state index in [0.717, 1.165) is 12.8 Å². The van der Waals surface area contributed by atoms with E-state index in [0.29, 0.717) is 5.92 Å². The molecule has 1 heteroatoms. The third-order valence-corrected chi connectivity index (χ3v) is 2.00. The minimum absolute atomic E-state index is 0.0202. The molecule has 0 aromatic rings. The SMILES string of the molecule is CCC(C#CC(F)C(C)C)CC. The van der Waals surface area contributed by atoms with Gasteiger partial charge in [-0.25, -0.2) is 4.39 Å². The van der Waals surface area contributed by atoms with Gasteiger partial charge in [0.15, 0.2) is 6.17 Å². The first-order chi connectivity index (χ1) is 5.61. The summed E-state index contributed by atoms with van der Waals surface area (Å²) in [5.41, 5.74) is 0. The summed E-state index contributed by atoms with van der Waals surface area (Å²) in [6, 6.07) is 0. The second-order valence-electron chi connectivity index (χ2n) is 3.45. The first kappa shape index (κ1) is 11.5. The van der Waals surface area contributed by atoms with E-state index in [2.05, 4.69) is 25.7 Å². The second-order valence-corrected chi connectivity index (χ2v) is 3.45. The first-order valence-electron chi connectivity index (χ1n) is 4.76. The third-order valence-electron chi connectivity index (χ3n) is 2.00. The molecule has 0 aromatic carbocycles. The molecule has 1 atom stereocenters. The molecule has 1 unspecified atom stereocenters. The average molecular weight is 170 g/mol.